The lowest BCUT2D eigenvalue weighted by Crippen LogP contribution is -2.35. The second kappa shape index (κ2) is 7.79. The summed E-state index contributed by atoms with van der Waals surface area (Å²) in [6.45, 7) is 3.59. The number of Topliss-reactive ketones (excluding diaryl/α,β-unsaturated/α-hetero) is 1. The van der Waals surface area contributed by atoms with E-state index < -0.39 is 6.10 Å². The lowest BCUT2D eigenvalue weighted by Gasteiger charge is -2.15. The predicted molar refractivity (Wildman–Crippen MR) is 89.8 cm³/mol. The summed E-state index contributed by atoms with van der Waals surface area (Å²) in [6.07, 6.45) is -0.634. The molecule has 5 heteroatoms. The summed E-state index contributed by atoms with van der Waals surface area (Å²) in [5, 5.41) is 3.47. The number of carbonyl (C=O) groups excluding carboxylic acids is 2. The Bertz CT molecular complexity index is 680. The fourth-order valence-electron chi connectivity index (χ4n) is 1.96. The van der Waals surface area contributed by atoms with Crippen LogP contribution in [-0.4, -0.2) is 17.8 Å². The van der Waals surface area contributed by atoms with Crippen LogP contribution in [0.15, 0.2) is 48.5 Å². The zero-order valence-electron chi connectivity index (χ0n) is 13.0. The van der Waals surface area contributed by atoms with Crippen molar-refractivity contribution in [3.63, 3.8) is 0 Å². The summed E-state index contributed by atoms with van der Waals surface area (Å²) in [5.74, 6) is 0.324. The van der Waals surface area contributed by atoms with Gasteiger partial charge in [0.05, 0.1) is 0 Å². The number of carbonyl (C=O) groups is 2. The van der Waals surface area contributed by atoms with Crippen LogP contribution in [0.3, 0.4) is 0 Å². The number of ketones is 1. The fourth-order valence-corrected chi connectivity index (χ4v) is 2.09. The van der Waals surface area contributed by atoms with Gasteiger partial charge in [-0.15, -0.1) is 0 Å². The van der Waals surface area contributed by atoms with Crippen molar-refractivity contribution < 1.29 is 14.3 Å². The molecule has 0 aliphatic heterocycles. The average Bonchev–Trinajstić information content (AvgIpc) is 2.54. The van der Waals surface area contributed by atoms with Gasteiger partial charge in [0, 0.05) is 17.1 Å². The van der Waals surface area contributed by atoms with Crippen LogP contribution in [0.25, 0.3) is 0 Å². The third-order valence-electron chi connectivity index (χ3n) is 3.32. The number of ether oxygens (including phenoxy) is 1. The molecular weight excluding hydrogens is 314 g/mol. The Morgan fingerprint density at radius 1 is 1.09 bits per heavy atom. The van der Waals surface area contributed by atoms with Crippen LogP contribution in [0.2, 0.25) is 5.02 Å². The minimum absolute atomic E-state index is 0.00898. The summed E-state index contributed by atoms with van der Waals surface area (Å²) in [5.41, 5.74) is 1.57. The van der Waals surface area contributed by atoms with Gasteiger partial charge in [0.2, 0.25) is 0 Å². The summed E-state index contributed by atoms with van der Waals surface area (Å²) in [4.78, 5) is 23.3. The smallest absolute Gasteiger partial charge is 0.261 e. The van der Waals surface area contributed by atoms with E-state index in [4.69, 9.17) is 16.3 Å². The van der Waals surface area contributed by atoms with Crippen molar-refractivity contribution in [2.45, 2.75) is 26.5 Å². The van der Waals surface area contributed by atoms with Gasteiger partial charge in [-0.2, -0.15) is 0 Å². The summed E-state index contributed by atoms with van der Waals surface area (Å²) in [6, 6.07) is 14.0. The number of hydrogen-bond acceptors (Lipinski definition) is 3. The van der Waals surface area contributed by atoms with Crippen molar-refractivity contribution in [2.75, 3.05) is 0 Å². The lowest BCUT2D eigenvalue weighted by atomic mass is 10.1. The highest BCUT2D eigenvalue weighted by Gasteiger charge is 2.14. The number of benzene rings is 2. The highest BCUT2D eigenvalue weighted by Crippen LogP contribution is 2.14. The van der Waals surface area contributed by atoms with E-state index in [0.717, 1.165) is 5.56 Å². The molecule has 0 saturated heterocycles. The molecule has 23 heavy (non-hydrogen) atoms. The lowest BCUT2D eigenvalue weighted by molar-refractivity contribution is -0.127. The van der Waals surface area contributed by atoms with Crippen molar-refractivity contribution in [1.29, 1.82) is 0 Å². The molecule has 0 bridgehead atoms. The summed E-state index contributed by atoms with van der Waals surface area (Å²) in [7, 11) is 0. The number of rotatable bonds is 6. The molecule has 0 aromatic heterocycles. The van der Waals surface area contributed by atoms with Crippen LogP contribution >= 0.6 is 11.6 Å². The van der Waals surface area contributed by atoms with Crippen molar-refractivity contribution in [1.82, 2.24) is 5.32 Å². The second-order valence-electron chi connectivity index (χ2n) is 5.18. The molecule has 0 unspecified atom stereocenters. The van der Waals surface area contributed by atoms with E-state index in [9.17, 15) is 9.59 Å². The third kappa shape index (κ3) is 5.11. The molecule has 0 spiro atoms. The van der Waals surface area contributed by atoms with Gasteiger partial charge >= 0.3 is 0 Å². The molecule has 0 radical (unpaired) electrons. The Kier molecular flexibility index (Phi) is 5.77. The Balaban J connectivity index is 1.86. The molecule has 0 saturated carbocycles. The zero-order valence-corrected chi connectivity index (χ0v) is 13.8. The highest BCUT2D eigenvalue weighted by atomic mass is 35.5. The first kappa shape index (κ1) is 17.0. The first-order chi connectivity index (χ1) is 11.0. The quantitative estimate of drug-likeness (QED) is 0.822. The van der Waals surface area contributed by atoms with Gasteiger partial charge in [-0.05, 0) is 55.8 Å². The summed E-state index contributed by atoms with van der Waals surface area (Å²) < 4.78 is 5.57. The molecule has 1 amide bonds. The molecule has 2 aromatic carbocycles. The minimum Gasteiger partial charge on any atom is -0.481 e. The average molecular weight is 332 g/mol. The Morgan fingerprint density at radius 3 is 2.26 bits per heavy atom. The molecule has 2 rings (SSSR count). The molecular formula is C18H18ClNO3. The molecule has 1 atom stereocenters. The number of halogens is 1. The van der Waals surface area contributed by atoms with E-state index in [2.05, 4.69) is 5.32 Å². The Labute approximate surface area is 140 Å². The molecule has 4 nitrogen and oxygen atoms in total. The molecule has 0 aliphatic carbocycles. The normalized spacial score (nSPS) is 11.6. The number of nitrogens with one attached hydrogen (secondary N) is 1. The van der Waals surface area contributed by atoms with Crippen molar-refractivity contribution >= 4 is 23.3 Å². The topological polar surface area (TPSA) is 55.4 Å². The maximum Gasteiger partial charge on any atom is 0.261 e. The SMILES string of the molecule is CC(=O)c1ccc(O[C@H](C)C(=O)NCc2ccc(Cl)cc2)cc1. The maximum atomic E-state index is 12.0. The number of hydrogen-bond donors (Lipinski definition) is 1. The molecule has 120 valence electrons. The standard InChI is InChI=1S/C18H18ClNO3/c1-12(21)15-5-9-17(10-6-15)23-13(2)18(22)20-11-14-3-7-16(19)8-4-14/h3-10,13H,11H2,1-2H3,(H,20,22)/t13-/m1/s1. The third-order valence-corrected chi connectivity index (χ3v) is 3.57. The zero-order chi connectivity index (χ0) is 16.8. The van der Waals surface area contributed by atoms with E-state index >= 15 is 0 Å². The Morgan fingerprint density at radius 2 is 1.70 bits per heavy atom. The maximum absolute atomic E-state index is 12.0. The van der Waals surface area contributed by atoms with E-state index in [0.29, 0.717) is 22.9 Å². The monoisotopic (exact) mass is 331 g/mol. The van der Waals surface area contributed by atoms with Gasteiger partial charge in [-0.3, -0.25) is 9.59 Å². The van der Waals surface area contributed by atoms with Crippen LogP contribution in [0, 0.1) is 0 Å². The van der Waals surface area contributed by atoms with Crippen molar-refractivity contribution in [3.05, 3.63) is 64.7 Å². The number of amides is 1. The van der Waals surface area contributed by atoms with Gasteiger partial charge in [-0.25, -0.2) is 0 Å². The van der Waals surface area contributed by atoms with Crippen LogP contribution in [0.5, 0.6) is 5.75 Å². The van der Waals surface area contributed by atoms with Gasteiger partial charge in [0.1, 0.15) is 5.75 Å². The van der Waals surface area contributed by atoms with Crippen LogP contribution in [-0.2, 0) is 11.3 Å². The van der Waals surface area contributed by atoms with E-state index in [1.54, 1.807) is 43.3 Å². The molecule has 0 heterocycles. The van der Waals surface area contributed by atoms with Gasteiger partial charge in [0.25, 0.3) is 5.91 Å². The minimum atomic E-state index is -0.634. The van der Waals surface area contributed by atoms with E-state index in [-0.39, 0.29) is 11.7 Å². The van der Waals surface area contributed by atoms with Gasteiger partial charge in [0.15, 0.2) is 11.9 Å². The van der Waals surface area contributed by atoms with Crippen LogP contribution in [0.4, 0.5) is 0 Å². The van der Waals surface area contributed by atoms with Gasteiger partial charge in [-0.1, -0.05) is 23.7 Å². The van der Waals surface area contributed by atoms with E-state index in [1.165, 1.54) is 6.92 Å². The van der Waals surface area contributed by atoms with Crippen molar-refractivity contribution in [2.24, 2.45) is 0 Å². The van der Waals surface area contributed by atoms with Crippen LogP contribution in [0.1, 0.15) is 29.8 Å². The van der Waals surface area contributed by atoms with E-state index in [1.807, 2.05) is 12.1 Å². The first-order valence-corrected chi connectivity index (χ1v) is 7.63. The fraction of sp³-hybridized carbons (Fsp3) is 0.222. The molecule has 2 aromatic rings. The van der Waals surface area contributed by atoms with Crippen molar-refractivity contribution in [3.8, 4) is 5.75 Å². The molecule has 0 fully saturated rings. The van der Waals surface area contributed by atoms with Gasteiger partial charge < -0.3 is 10.1 Å². The first-order valence-electron chi connectivity index (χ1n) is 7.25. The predicted octanol–water partition coefficient (Wildman–Crippen LogP) is 3.63. The summed E-state index contributed by atoms with van der Waals surface area (Å²) >= 11 is 5.82. The molecule has 0 aliphatic rings. The highest BCUT2D eigenvalue weighted by molar-refractivity contribution is 6.30. The molecule has 1 N–H and O–H groups in total. The second-order valence-corrected chi connectivity index (χ2v) is 5.62. The largest absolute Gasteiger partial charge is 0.481 e. The Hall–Kier alpha value is -2.33. The van der Waals surface area contributed by atoms with Crippen LogP contribution < -0.4 is 10.1 Å².